The molecule has 2 rings (SSSR count). The fraction of sp³-hybridized carbons (Fsp3) is 0.333. The molecule has 2 aromatic rings. The molecule has 1 heterocycles. The van der Waals surface area contributed by atoms with Crippen LogP contribution in [0.25, 0.3) is 11.4 Å². The number of carboxylic acid groups (broad SMARTS) is 1. The fourth-order valence-electron chi connectivity index (χ4n) is 2.07. The molecule has 0 saturated heterocycles. The van der Waals surface area contributed by atoms with Gasteiger partial charge in [-0.1, -0.05) is 36.8 Å². The molecular formula is C15H18N2O2. The molecule has 4 nitrogen and oxygen atoms in total. The Morgan fingerprint density at radius 3 is 2.68 bits per heavy atom. The second kappa shape index (κ2) is 6.73. The summed E-state index contributed by atoms with van der Waals surface area (Å²) in [5.41, 5.74) is 1.11. The van der Waals surface area contributed by atoms with Gasteiger partial charge in [0.2, 0.25) is 0 Å². The molecule has 0 amide bonds. The number of carbonyl (C=O) groups is 1. The van der Waals surface area contributed by atoms with Gasteiger partial charge in [0.25, 0.3) is 0 Å². The minimum atomic E-state index is -0.715. The summed E-state index contributed by atoms with van der Waals surface area (Å²) < 4.78 is 2.12. The molecule has 1 aromatic carbocycles. The van der Waals surface area contributed by atoms with Crippen LogP contribution in [0.15, 0.2) is 42.7 Å². The normalized spacial score (nSPS) is 10.5. The average molecular weight is 258 g/mol. The van der Waals surface area contributed by atoms with E-state index in [9.17, 15) is 4.79 Å². The molecule has 1 aromatic heterocycles. The van der Waals surface area contributed by atoms with E-state index < -0.39 is 5.97 Å². The summed E-state index contributed by atoms with van der Waals surface area (Å²) in [6.45, 7) is 0.879. The van der Waals surface area contributed by atoms with Gasteiger partial charge in [-0.15, -0.1) is 0 Å². The van der Waals surface area contributed by atoms with E-state index in [1.165, 1.54) is 0 Å². The molecule has 0 aliphatic heterocycles. The van der Waals surface area contributed by atoms with Crippen molar-refractivity contribution in [1.29, 1.82) is 0 Å². The lowest BCUT2D eigenvalue weighted by atomic mass is 10.2. The summed E-state index contributed by atoms with van der Waals surface area (Å²) in [4.78, 5) is 14.8. The molecule has 0 aliphatic carbocycles. The lowest BCUT2D eigenvalue weighted by molar-refractivity contribution is -0.137. The van der Waals surface area contributed by atoms with Crippen LogP contribution < -0.4 is 0 Å². The lowest BCUT2D eigenvalue weighted by Gasteiger charge is -2.07. The van der Waals surface area contributed by atoms with Gasteiger partial charge in [-0.2, -0.15) is 0 Å². The van der Waals surface area contributed by atoms with E-state index >= 15 is 0 Å². The van der Waals surface area contributed by atoms with Gasteiger partial charge in [0, 0.05) is 30.9 Å². The summed E-state index contributed by atoms with van der Waals surface area (Å²) in [5, 5.41) is 8.57. The zero-order valence-corrected chi connectivity index (χ0v) is 10.8. The highest BCUT2D eigenvalue weighted by molar-refractivity contribution is 5.66. The molecule has 0 radical (unpaired) electrons. The number of imidazole rings is 1. The van der Waals surface area contributed by atoms with Crippen LogP contribution in [-0.4, -0.2) is 20.6 Å². The van der Waals surface area contributed by atoms with Crippen LogP contribution in [0, 0.1) is 0 Å². The van der Waals surface area contributed by atoms with Crippen molar-refractivity contribution in [1.82, 2.24) is 9.55 Å². The highest BCUT2D eigenvalue weighted by Crippen LogP contribution is 2.17. The number of rotatable bonds is 7. The Hall–Kier alpha value is -2.10. The first-order valence-corrected chi connectivity index (χ1v) is 6.56. The summed E-state index contributed by atoms with van der Waals surface area (Å²) >= 11 is 0. The quantitative estimate of drug-likeness (QED) is 0.776. The number of unbranched alkanes of at least 4 members (excludes halogenated alkanes) is 2. The third-order valence-electron chi connectivity index (χ3n) is 3.04. The predicted octanol–water partition coefficient (Wildman–Crippen LogP) is 3.20. The van der Waals surface area contributed by atoms with Gasteiger partial charge < -0.3 is 9.67 Å². The molecule has 0 saturated carbocycles. The van der Waals surface area contributed by atoms with Gasteiger partial charge >= 0.3 is 5.97 Å². The van der Waals surface area contributed by atoms with Crippen molar-refractivity contribution in [3.63, 3.8) is 0 Å². The van der Waals surface area contributed by atoms with Gasteiger partial charge in [0.05, 0.1) is 0 Å². The van der Waals surface area contributed by atoms with Crippen molar-refractivity contribution in [2.45, 2.75) is 32.2 Å². The van der Waals surface area contributed by atoms with Crippen molar-refractivity contribution >= 4 is 5.97 Å². The Kier molecular flexibility index (Phi) is 4.72. The maximum absolute atomic E-state index is 10.4. The molecule has 0 unspecified atom stereocenters. The van der Waals surface area contributed by atoms with E-state index in [1.807, 2.05) is 36.5 Å². The third kappa shape index (κ3) is 3.95. The Bertz CT molecular complexity index is 520. The predicted molar refractivity (Wildman–Crippen MR) is 73.8 cm³/mol. The number of benzene rings is 1. The molecular weight excluding hydrogens is 240 g/mol. The molecule has 0 aliphatic rings. The molecule has 100 valence electrons. The average Bonchev–Trinajstić information content (AvgIpc) is 2.87. The van der Waals surface area contributed by atoms with Crippen LogP contribution in [0.5, 0.6) is 0 Å². The Morgan fingerprint density at radius 1 is 1.16 bits per heavy atom. The molecule has 0 atom stereocenters. The van der Waals surface area contributed by atoms with E-state index in [-0.39, 0.29) is 6.42 Å². The minimum Gasteiger partial charge on any atom is -0.481 e. The van der Waals surface area contributed by atoms with Crippen LogP contribution in [0.4, 0.5) is 0 Å². The zero-order chi connectivity index (χ0) is 13.5. The standard InChI is InChI=1S/C15H18N2O2/c18-14(19)9-5-2-6-11-17-12-10-16-15(17)13-7-3-1-4-8-13/h1,3-4,7-8,10,12H,2,5-6,9,11H2,(H,18,19). The number of carboxylic acids is 1. The number of aliphatic carboxylic acids is 1. The molecule has 4 heteroatoms. The van der Waals surface area contributed by atoms with Crippen molar-refractivity contribution in [3.05, 3.63) is 42.7 Å². The molecule has 0 fully saturated rings. The Morgan fingerprint density at radius 2 is 1.95 bits per heavy atom. The second-order valence-corrected chi connectivity index (χ2v) is 4.51. The number of nitrogens with zero attached hydrogens (tertiary/aromatic N) is 2. The van der Waals surface area contributed by atoms with Crippen LogP contribution in [0.3, 0.4) is 0 Å². The third-order valence-corrected chi connectivity index (χ3v) is 3.04. The maximum atomic E-state index is 10.4. The van der Waals surface area contributed by atoms with Crippen molar-refractivity contribution < 1.29 is 9.90 Å². The number of aromatic nitrogens is 2. The molecule has 0 bridgehead atoms. The topological polar surface area (TPSA) is 55.1 Å². The van der Waals surface area contributed by atoms with Gasteiger partial charge in [-0.3, -0.25) is 4.79 Å². The smallest absolute Gasteiger partial charge is 0.303 e. The summed E-state index contributed by atoms with van der Waals surface area (Å²) in [7, 11) is 0. The van der Waals surface area contributed by atoms with Gasteiger partial charge in [0.1, 0.15) is 5.82 Å². The SMILES string of the molecule is O=C(O)CCCCCn1ccnc1-c1ccccc1. The van der Waals surface area contributed by atoms with Crippen molar-refractivity contribution in [3.8, 4) is 11.4 Å². The summed E-state index contributed by atoms with van der Waals surface area (Å²) in [6.07, 6.45) is 6.68. The van der Waals surface area contributed by atoms with E-state index in [0.29, 0.717) is 0 Å². The number of hydrogen-bond donors (Lipinski definition) is 1. The van der Waals surface area contributed by atoms with Crippen LogP contribution >= 0.6 is 0 Å². The van der Waals surface area contributed by atoms with E-state index in [4.69, 9.17) is 5.11 Å². The molecule has 0 spiro atoms. The van der Waals surface area contributed by atoms with Crippen LogP contribution in [0.2, 0.25) is 0 Å². The largest absolute Gasteiger partial charge is 0.481 e. The summed E-state index contributed by atoms with van der Waals surface area (Å²) in [5.74, 6) is 0.256. The fourth-order valence-corrected chi connectivity index (χ4v) is 2.07. The second-order valence-electron chi connectivity index (χ2n) is 4.51. The Labute approximate surface area is 112 Å². The van der Waals surface area contributed by atoms with Gasteiger partial charge in [0.15, 0.2) is 0 Å². The minimum absolute atomic E-state index is 0.259. The summed E-state index contributed by atoms with van der Waals surface area (Å²) in [6, 6.07) is 10.1. The lowest BCUT2D eigenvalue weighted by Crippen LogP contribution is -2.00. The van der Waals surface area contributed by atoms with E-state index in [1.54, 1.807) is 6.20 Å². The van der Waals surface area contributed by atoms with Gasteiger partial charge in [-0.05, 0) is 12.8 Å². The van der Waals surface area contributed by atoms with E-state index in [2.05, 4.69) is 9.55 Å². The number of hydrogen-bond acceptors (Lipinski definition) is 2. The maximum Gasteiger partial charge on any atom is 0.303 e. The van der Waals surface area contributed by atoms with Crippen LogP contribution in [0.1, 0.15) is 25.7 Å². The highest BCUT2D eigenvalue weighted by atomic mass is 16.4. The molecule has 19 heavy (non-hydrogen) atoms. The van der Waals surface area contributed by atoms with Crippen LogP contribution in [-0.2, 0) is 11.3 Å². The Balaban J connectivity index is 1.88. The first-order valence-electron chi connectivity index (χ1n) is 6.56. The van der Waals surface area contributed by atoms with E-state index in [0.717, 1.165) is 37.2 Å². The van der Waals surface area contributed by atoms with Crippen molar-refractivity contribution in [2.75, 3.05) is 0 Å². The highest BCUT2D eigenvalue weighted by Gasteiger charge is 2.04. The van der Waals surface area contributed by atoms with Gasteiger partial charge in [-0.25, -0.2) is 4.98 Å². The molecule has 1 N–H and O–H groups in total. The number of aryl methyl sites for hydroxylation is 1. The van der Waals surface area contributed by atoms with Crippen molar-refractivity contribution in [2.24, 2.45) is 0 Å². The monoisotopic (exact) mass is 258 g/mol. The first-order chi connectivity index (χ1) is 9.27. The zero-order valence-electron chi connectivity index (χ0n) is 10.8. The first kappa shape index (κ1) is 13.3.